The van der Waals surface area contributed by atoms with E-state index in [0.29, 0.717) is 29.2 Å². The highest BCUT2D eigenvalue weighted by atomic mass is 32.2. The summed E-state index contributed by atoms with van der Waals surface area (Å²) in [7, 11) is 0. The quantitative estimate of drug-likeness (QED) is 0.935. The molecule has 0 radical (unpaired) electrons. The second-order valence-electron chi connectivity index (χ2n) is 5.27. The number of amides is 1. The fourth-order valence-electron chi connectivity index (χ4n) is 2.29. The number of hydrogen-bond acceptors (Lipinski definition) is 5. The Hall–Kier alpha value is -2.52. The minimum Gasteiger partial charge on any atom is -0.456 e. The Morgan fingerprint density at radius 2 is 2.13 bits per heavy atom. The molecular weight excluding hydrogens is 310 g/mol. The van der Waals surface area contributed by atoms with Gasteiger partial charge in [0.15, 0.2) is 0 Å². The number of nitrogens with zero attached hydrogens (tertiary/aromatic N) is 2. The van der Waals surface area contributed by atoms with E-state index in [9.17, 15) is 10.1 Å². The molecule has 1 N–H and O–H groups in total. The molecule has 23 heavy (non-hydrogen) atoms. The van der Waals surface area contributed by atoms with E-state index >= 15 is 0 Å². The van der Waals surface area contributed by atoms with E-state index in [1.54, 1.807) is 54.5 Å². The lowest BCUT2D eigenvalue weighted by Gasteiger charge is -2.21. The standard InChI is InChI=1S/C17H15N3O2S/c18-11-17(7-9-23-12-17)20-16(21)13-3-5-14(6-4-13)22-15-2-1-8-19-10-15/h1-6,8,10H,7,9,12H2,(H,20,21)/t17-/m0/s1. The fraction of sp³-hybridized carbons (Fsp3) is 0.235. The van der Waals surface area contributed by atoms with E-state index in [4.69, 9.17) is 4.74 Å². The van der Waals surface area contributed by atoms with Crippen molar-refractivity contribution < 1.29 is 9.53 Å². The molecule has 0 spiro atoms. The van der Waals surface area contributed by atoms with Crippen molar-refractivity contribution in [3.05, 3.63) is 54.4 Å². The molecule has 0 bridgehead atoms. The van der Waals surface area contributed by atoms with Crippen LogP contribution in [0.15, 0.2) is 48.8 Å². The van der Waals surface area contributed by atoms with Crippen LogP contribution in [0, 0.1) is 11.3 Å². The number of rotatable bonds is 4. The number of carbonyl (C=O) groups is 1. The zero-order valence-corrected chi connectivity index (χ0v) is 13.2. The number of nitrogens with one attached hydrogen (secondary N) is 1. The van der Waals surface area contributed by atoms with Crippen molar-refractivity contribution in [1.29, 1.82) is 5.26 Å². The minimum atomic E-state index is -0.743. The summed E-state index contributed by atoms with van der Waals surface area (Å²) < 4.78 is 5.64. The van der Waals surface area contributed by atoms with Crippen LogP contribution >= 0.6 is 11.8 Å². The number of carbonyl (C=O) groups excluding carboxylic acids is 1. The van der Waals surface area contributed by atoms with E-state index in [1.165, 1.54) is 0 Å². The molecule has 1 saturated heterocycles. The number of hydrogen-bond donors (Lipinski definition) is 1. The topological polar surface area (TPSA) is 75.0 Å². The molecule has 116 valence electrons. The number of aromatic nitrogens is 1. The highest BCUT2D eigenvalue weighted by molar-refractivity contribution is 7.99. The van der Waals surface area contributed by atoms with Gasteiger partial charge in [0.05, 0.1) is 12.3 Å². The molecule has 1 amide bonds. The van der Waals surface area contributed by atoms with Crippen molar-refractivity contribution in [2.24, 2.45) is 0 Å². The average molecular weight is 325 g/mol. The highest BCUT2D eigenvalue weighted by Crippen LogP contribution is 2.28. The first-order valence-electron chi connectivity index (χ1n) is 7.20. The van der Waals surface area contributed by atoms with Crippen molar-refractivity contribution in [1.82, 2.24) is 10.3 Å². The van der Waals surface area contributed by atoms with Crippen LogP contribution in [-0.4, -0.2) is 27.9 Å². The minimum absolute atomic E-state index is 0.234. The second-order valence-corrected chi connectivity index (χ2v) is 6.37. The summed E-state index contributed by atoms with van der Waals surface area (Å²) in [5.41, 5.74) is -0.234. The van der Waals surface area contributed by atoms with Crippen LogP contribution in [0.4, 0.5) is 0 Å². The lowest BCUT2D eigenvalue weighted by atomic mass is 10.0. The smallest absolute Gasteiger partial charge is 0.252 e. The van der Waals surface area contributed by atoms with Crippen LogP contribution in [0.3, 0.4) is 0 Å². The maximum absolute atomic E-state index is 12.3. The van der Waals surface area contributed by atoms with Gasteiger partial charge in [-0.05, 0) is 48.6 Å². The Kier molecular flexibility index (Phi) is 4.49. The largest absolute Gasteiger partial charge is 0.456 e. The zero-order chi connectivity index (χ0) is 16.1. The van der Waals surface area contributed by atoms with E-state index in [-0.39, 0.29) is 5.91 Å². The molecular formula is C17H15N3O2S. The van der Waals surface area contributed by atoms with Crippen LogP contribution < -0.4 is 10.1 Å². The second kappa shape index (κ2) is 6.71. The third-order valence-electron chi connectivity index (χ3n) is 3.58. The molecule has 0 aliphatic carbocycles. The summed E-state index contributed by atoms with van der Waals surface area (Å²) in [6.45, 7) is 0. The zero-order valence-electron chi connectivity index (χ0n) is 12.4. The van der Waals surface area contributed by atoms with Gasteiger partial charge in [-0.15, -0.1) is 0 Å². The third kappa shape index (κ3) is 3.63. The molecule has 1 aliphatic heterocycles. The normalized spacial score (nSPS) is 19.8. The number of ether oxygens (including phenoxy) is 1. The fourth-order valence-corrected chi connectivity index (χ4v) is 3.55. The molecule has 1 aliphatic rings. The molecule has 6 heteroatoms. The Balaban J connectivity index is 1.67. The van der Waals surface area contributed by atoms with Gasteiger partial charge in [0, 0.05) is 17.5 Å². The molecule has 1 aromatic heterocycles. The van der Waals surface area contributed by atoms with Gasteiger partial charge in [-0.25, -0.2) is 0 Å². The number of nitriles is 1. The molecule has 1 fully saturated rings. The van der Waals surface area contributed by atoms with Crippen molar-refractivity contribution in [3.8, 4) is 17.6 Å². The molecule has 1 atom stereocenters. The van der Waals surface area contributed by atoms with E-state index < -0.39 is 5.54 Å². The van der Waals surface area contributed by atoms with Gasteiger partial charge in [0.25, 0.3) is 5.91 Å². The van der Waals surface area contributed by atoms with Crippen molar-refractivity contribution in [2.75, 3.05) is 11.5 Å². The first-order chi connectivity index (χ1) is 11.2. The van der Waals surface area contributed by atoms with Gasteiger partial charge in [0.1, 0.15) is 17.0 Å². The van der Waals surface area contributed by atoms with Crippen LogP contribution in [0.25, 0.3) is 0 Å². The lowest BCUT2D eigenvalue weighted by molar-refractivity contribution is 0.0926. The van der Waals surface area contributed by atoms with Gasteiger partial charge in [-0.1, -0.05) is 0 Å². The SMILES string of the molecule is N#C[C@@]1(NC(=O)c2ccc(Oc3cccnc3)cc2)CCSC1. The summed E-state index contributed by atoms with van der Waals surface area (Å²) in [6.07, 6.45) is 3.98. The predicted octanol–water partition coefficient (Wildman–Crippen LogP) is 3.00. The number of benzene rings is 1. The van der Waals surface area contributed by atoms with Crippen molar-refractivity contribution in [2.45, 2.75) is 12.0 Å². The molecule has 5 nitrogen and oxygen atoms in total. The maximum Gasteiger partial charge on any atom is 0.252 e. The summed E-state index contributed by atoms with van der Waals surface area (Å²) in [4.78, 5) is 16.3. The first kappa shape index (κ1) is 15.4. The van der Waals surface area contributed by atoms with Crippen LogP contribution in [-0.2, 0) is 0 Å². The van der Waals surface area contributed by atoms with Gasteiger partial charge >= 0.3 is 0 Å². The molecule has 0 unspecified atom stereocenters. The summed E-state index contributed by atoms with van der Waals surface area (Å²) in [6, 6.07) is 12.7. The van der Waals surface area contributed by atoms with Crippen LogP contribution in [0.5, 0.6) is 11.5 Å². The Morgan fingerprint density at radius 1 is 1.30 bits per heavy atom. The Labute approximate surface area is 138 Å². The molecule has 2 aromatic rings. The van der Waals surface area contributed by atoms with Crippen LogP contribution in [0.2, 0.25) is 0 Å². The highest BCUT2D eigenvalue weighted by Gasteiger charge is 2.36. The van der Waals surface area contributed by atoms with Crippen molar-refractivity contribution >= 4 is 17.7 Å². The number of pyridine rings is 1. The molecule has 2 heterocycles. The average Bonchev–Trinajstić information content (AvgIpc) is 3.05. The van der Waals surface area contributed by atoms with Crippen LogP contribution in [0.1, 0.15) is 16.8 Å². The van der Waals surface area contributed by atoms with Crippen molar-refractivity contribution in [3.63, 3.8) is 0 Å². The summed E-state index contributed by atoms with van der Waals surface area (Å²) in [5.74, 6) is 2.56. The van der Waals surface area contributed by atoms with Gasteiger partial charge < -0.3 is 10.1 Å². The van der Waals surface area contributed by atoms with Gasteiger partial charge in [0.2, 0.25) is 0 Å². The van der Waals surface area contributed by atoms with Gasteiger partial charge in [-0.3, -0.25) is 9.78 Å². The summed E-state index contributed by atoms with van der Waals surface area (Å²) in [5, 5.41) is 12.2. The van der Waals surface area contributed by atoms with Gasteiger partial charge in [-0.2, -0.15) is 17.0 Å². The van der Waals surface area contributed by atoms with E-state index in [2.05, 4.69) is 16.4 Å². The number of thioether (sulfide) groups is 1. The monoisotopic (exact) mass is 325 g/mol. The maximum atomic E-state index is 12.3. The lowest BCUT2D eigenvalue weighted by Crippen LogP contribution is -2.47. The summed E-state index contributed by atoms with van der Waals surface area (Å²) >= 11 is 1.68. The molecule has 1 aromatic carbocycles. The predicted molar refractivity (Wildman–Crippen MR) is 88.5 cm³/mol. The van der Waals surface area contributed by atoms with E-state index in [1.807, 2.05) is 6.07 Å². The third-order valence-corrected chi connectivity index (χ3v) is 4.76. The Morgan fingerprint density at radius 3 is 2.74 bits per heavy atom. The first-order valence-corrected chi connectivity index (χ1v) is 8.36. The molecule has 0 saturated carbocycles. The Bertz CT molecular complexity index is 720. The van der Waals surface area contributed by atoms with E-state index in [0.717, 1.165) is 5.75 Å². The molecule has 3 rings (SSSR count).